The average Bonchev–Trinajstić information content (AvgIpc) is 3.99. The van der Waals surface area contributed by atoms with Crippen molar-refractivity contribution in [2.75, 3.05) is 54.4 Å². The van der Waals surface area contributed by atoms with Gasteiger partial charge in [0, 0.05) is 81.3 Å². The van der Waals surface area contributed by atoms with Crippen LogP contribution in [0.3, 0.4) is 0 Å². The fourth-order valence-electron chi connectivity index (χ4n) is 7.62. The summed E-state index contributed by atoms with van der Waals surface area (Å²) in [4.78, 5) is 88.4. The van der Waals surface area contributed by atoms with Gasteiger partial charge in [0.15, 0.2) is 17.1 Å². The van der Waals surface area contributed by atoms with Crippen LogP contribution in [0.25, 0.3) is 22.7 Å². The Morgan fingerprint density at radius 1 is 0.982 bits per heavy atom. The second kappa shape index (κ2) is 14.2. The lowest BCUT2D eigenvalue weighted by Crippen LogP contribution is -2.54. The second-order valence-corrected chi connectivity index (χ2v) is 14.4. The number of nitrogens with zero attached hydrogens (tertiary/aromatic N) is 8. The van der Waals surface area contributed by atoms with E-state index in [1.165, 1.54) is 12.3 Å². The lowest BCUT2D eigenvalue weighted by Gasteiger charge is -2.33. The molecule has 292 valence electrons. The number of benzene rings is 1. The number of nitrogens with one attached hydrogen (secondary N) is 2. The predicted octanol–water partition coefficient (Wildman–Crippen LogP) is 2.27. The Balaban J connectivity index is 0.893. The molecule has 4 aliphatic rings. The fourth-order valence-corrected chi connectivity index (χ4v) is 7.62. The average molecular weight is 779 g/mol. The standard InChI is InChI=1S/C38H35FN10O8/c1-19-12-20(4-6-40-19)35-42-27(18-56-35)33(52)41-26-15-29-31(44-32(26)48-7-5-22(50)17-48)45-38(57-29)47-10-8-46(9-11-47)16-21-13-23-24(14-25(21)39)37(55)49(36(23)54)28-2-3-30(51)43-34(28)53/h4,6,12-15,18,22,28,50H,2-3,5,7-11,16-17H2,1H3,(H,41,52)(H,43,51,53)/t22-,28?/m1/s1. The number of anilines is 3. The fraction of sp³-hybridized carbons (Fsp3) is 0.342. The third kappa shape index (κ3) is 6.73. The molecule has 3 saturated heterocycles. The smallest absolute Gasteiger partial charge is 0.300 e. The largest absolute Gasteiger partial charge is 0.444 e. The number of β-amino-alcohol motifs (C(OH)–C–C–N with tert-alkyl or cyclic N) is 1. The second-order valence-electron chi connectivity index (χ2n) is 14.4. The Labute approximate surface area is 322 Å². The molecule has 3 N–H and O–H groups in total. The molecule has 9 rings (SSSR count). The van der Waals surface area contributed by atoms with Crippen LogP contribution < -0.4 is 20.4 Å². The van der Waals surface area contributed by atoms with Gasteiger partial charge in [0.2, 0.25) is 23.4 Å². The molecule has 5 aromatic rings. The molecule has 57 heavy (non-hydrogen) atoms. The maximum Gasteiger partial charge on any atom is 0.300 e. The van der Waals surface area contributed by atoms with Crippen molar-refractivity contribution in [1.82, 2.24) is 35.1 Å². The van der Waals surface area contributed by atoms with Gasteiger partial charge in [-0.2, -0.15) is 4.98 Å². The predicted molar refractivity (Wildman–Crippen MR) is 198 cm³/mol. The summed E-state index contributed by atoms with van der Waals surface area (Å²) in [6.07, 6.45) is 2.87. The highest BCUT2D eigenvalue weighted by Gasteiger charge is 2.45. The van der Waals surface area contributed by atoms with Gasteiger partial charge in [-0.3, -0.25) is 44.1 Å². The number of aromatic nitrogens is 4. The molecule has 19 heteroatoms. The third-order valence-electron chi connectivity index (χ3n) is 10.6. The first kappa shape index (κ1) is 36.1. The van der Waals surface area contributed by atoms with E-state index < -0.39 is 47.5 Å². The van der Waals surface area contributed by atoms with E-state index in [4.69, 9.17) is 13.8 Å². The molecule has 0 bridgehead atoms. The number of halogens is 1. The molecule has 4 aliphatic heterocycles. The Kier molecular flexibility index (Phi) is 8.96. The normalized spacial score (nSPS) is 20.2. The van der Waals surface area contributed by atoms with Crippen LogP contribution in [0.1, 0.15) is 61.7 Å². The van der Waals surface area contributed by atoms with Crippen LogP contribution in [0.15, 0.2) is 51.6 Å². The Morgan fingerprint density at radius 2 is 1.77 bits per heavy atom. The minimum absolute atomic E-state index is 0.00570. The van der Waals surface area contributed by atoms with E-state index in [1.807, 2.05) is 21.6 Å². The van der Waals surface area contributed by atoms with Gasteiger partial charge in [0.1, 0.15) is 18.1 Å². The highest BCUT2D eigenvalue weighted by Crippen LogP contribution is 2.34. The van der Waals surface area contributed by atoms with Crippen LogP contribution in [0, 0.1) is 12.7 Å². The number of oxazole rings is 2. The van der Waals surface area contributed by atoms with Crippen LogP contribution in [0.5, 0.6) is 0 Å². The summed E-state index contributed by atoms with van der Waals surface area (Å²) < 4.78 is 27.1. The lowest BCUT2D eigenvalue weighted by atomic mass is 10.0. The van der Waals surface area contributed by atoms with Gasteiger partial charge in [0.25, 0.3) is 23.7 Å². The molecule has 18 nitrogen and oxygen atoms in total. The van der Waals surface area contributed by atoms with Crippen LogP contribution in [0.2, 0.25) is 0 Å². The Morgan fingerprint density at radius 3 is 2.51 bits per heavy atom. The van der Waals surface area contributed by atoms with Crippen molar-refractivity contribution in [1.29, 1.82) is 0 Å². The van der Waals surface area contributed by atoms with Crippen molar-refractivity contribution in [2.24, 2.45) is 0 Å². The topological polar surface area (TPSA) is 220 Å². The van der Waals surface area contributed by atoms with Gasteiger partial charge >= 0.3 is 0 Å². The molecule has 5 amide bonds. The summed E-state index contributed by atoms with van der Waals surface area (Å²) in [5.41, 5.74) is 2.60. The quantitative estimate of drug-likeness (QED) is 0.192. The van der Waals surface area contributed by atoms with Crippen LogP contribution in [-0.2, 0) is 16.1 Å². The third-order valence-corrected chi connectivity index (χ3v) is 10.6. The minimum atomic E-state index is -1.14. The maximum atomic E-state index is 15.4. The Hall–Kier alpha value is -6.60. The molecule has 1 aromatic carbocycles. The number of aryl methyl sites for hydroxylation is 1. The first-order valence-electron chi connectivity index (χ1n) is 18.4. The summed E-state index contributed by atoms with van der Waals surface area (Å²) in [6.45, 7) is 4.71. The van der Waals surface area contributed by atoms with Gasteiger partial charge in [-0.15, -0.1) is 0 Å². The molecule has 1 unspecified atom stereocenters. The number of pyridine rings is 2. The van der Waals surface area contributed by atoms with Gasteiger partial charge < -0.3 is 29.1 Å². The summed E-state index contributed by atoms with van der Waals surface area (Å²) >= 11 is 0. The van der Waals surface area contributed by atoms with E-state index >= 15 is 4.39 Å². The number of aliphatic hydroxyl groups is 1. The number of carbonyl (C=O) groups is 5. The van der Waals surface area contributed by atoms with E-state index in [9.17, 15) is 29.1 Å². The number of piperazine rings is 1. The summed E-state index contributed by atoms with van der Waals surface area (Å²) in [5, 5.41) is 15.3. The molecule has 0 spiro atoms. The number of aliphatic hydroxyl groups excluding tert-OH is 1. The number of hydrogen-bond donors (Lipinski definition) is 3. The summed E-state index contributed by atoms with van der Waals surface area (Å²) in [6, 6.07) is 6.75. The molecule has 0 radical (unpaired) electrons. The van der Waals surface area contributed by atoms with Crippen molar-refractivity contribution in [3.8, 4) is 11.5 Å². The van der Waals surface area contributed by atoms with Crippen LogP contribution >= 0.6 is 0 Å². The number of piperidine rings is 1. The molecule has 3 fully saturated rings. The first-order valence-corrected chi connectivity index (χ1v) is 18.4. The van der Waals surface area contributed by atoms with E-state index in [0.717, 1.165) is 16.7 Å². The van der Waals surface area contributed by atoms with E-state index in [0.29, 0.717) is 80.0 Å². The monoisotopic (exact) mass is 778 g/mol. The molecule has 4 aromatic heterocycles. The highest BCUT2D eigenvalue weighted by molar-refractivity contribution is 6.23. The number of fused-ring (bicyclic) bond motifs is 2. The number of imide groups is 2. The zero-order valence-corrected chi connectivity index (χ0v) is 30.5. The van der Waals surface area contributed by atoms with E-state index in [1.54, 1.807) is 24.4 Å². The molecule has 0 aliphatic carbocycles. The molecule has 2 atom stereocenters. The number of carbonyl (C=O) groups excluding carboxylic acids is 5. The number of rotatable bonds is 8. The lowest BCUT2D eigenvalue weighted by molar-refractivity contribution is -0.136. The van der Waals surface area contributed by atoms with Crippen LogP contribution in [-0.4, -0.2) is 116 Å². The van der Waals surface area contributed by atoms with Crippen molar-refractivity contribution in [2.45, 2.75) is 44.9 Å². The molecular formula is C38H35FN10O8. The minimum Gasteiger partial charge on any atom is -0.444 e. The highest BCUT2D eigenvalue weighted by atomic mass is 19.1. The molecule has 0 saturated carbocycles. The van der Waals surface area contributed by atoms with Crippen molar-refractivity contribution < 1.29 is 42.3 Å². The van der Waals surface area contributed by atoms with Crippen molar-refractivity contribution >= 4 is 58.3 Å². The SMILES string of the molecule is Cc1cc(-c2nc(C(=O)Nc3cc4oc(N5CCN(Cc6cc7c(cc6F)C(=O)N(C6CCC(=O)NC6=O)C7=O)CC5)nc4nc3N3CC[C@@H](O)C3)co2)ccn1. The first-order chi connectivity index (χ1) is 27.5. The molecule has 8 heterocycles. The van der Waals surface area contributed by atoms with Gasteiger partial charge in [-0.1, -0.05) is 0 Å². The number of hydrogen-bond acceptors (Lipinski definition) is 15. The Bertz CT molecular complexity index is 2490. The zero-order valence-electron chi connectivity index (χ0n) is 30.5. The van der Waals surface area contributed by atoms with Crippen LogP contribution in [0.4, 0.5) is 21.9 Å². The van der Waals surface area contributed by atoms with Crippen molar-refractivity contribution in [3.05, 3.63) is 76.7 Å². The number of amides is 5. The van der Waals surface area contributed by atoms with E-state index in [2.05, 4.69) is 25.6 Å². The summed E-state index contributed by atoms with van der Waals surface area (Å²) in [7, 11) is 0. The van der Waals surface area contributed by atoms with Crippen molar-refractivity contribution in [3.63, 3.8) is 0 Å². The van der Waals surface area contributed by atoms with Gasteiger partial charge in [0.05, 0.1) is 22.9 Å². The summed E-state index contributed by atoms with van der Waals surface area (Å²) in [5.74, 6) is -3.17. The van der Waals surface area contributed by atoms with E-state index in [-0.39, 0.29) is 47.7 Å². The molecular weight excluding hydrogens is 743 g/mol. The van der Waals surface area contributed by atoms with Gasteiger partial charge in [-0.05, 0) is 44.0 Å². The maximum absolute atomic E-state index is 15.4. The van der Waals surface area contributed by atoms with Gasteiger partial charge in [-0.25, -0.2) is 14.4 Å². The zero-order chi connectivity index (χ0) is 39.5.